The van der Waals surface area contributed by atoms with Gasteiger partial charge in [-0.3, -0.25) is 4.98 Å². The van der Waals surface area contributed by atoms with Crippen LogP contribution in [0.4, 0.5) is 13.2 Å². The van der Waals surface area contributed by atoms with Gasteiger partial charge in [-0.15, -0.1) is 0 Å². The van der Waals surface area contributed by atoms with Crippen molar-refractivity contribution < 1.29 is 28.1 Å². The second kappa shape index (κ2) is 11.2. The van der Waals surface area contributed by atoms with Crippen molar-refractivity contribution in [3.8, 4) is 5.88 Å². The van der Waals surface area contributed by atoms with Crippen LogP contribution in [0.3, 0.4) is 0 Å². The maximum Gasteiger partial charge on any atom is 0.213 e. The van der Waals surface area contributed by atoms with E-state index in [4.69, 9.17) is 4.74 Å². The number of ether oxygens (including phenoxy) is 1. The molecule has 35 heavy (non-hydrogen) atoms. The predicted octanol–water partition coefficient (Wildman–Crippen LogP) is 4.31. The molecule has 0 unspecified atom stereocenters. The highest BCUT2D eigenvalue weighted by molar-refractivity contribution is 5.78. The third-order valence-electron chi connectivity index (χ3n) is 6.54. The van der Waals surface area contributed by atoms with E-state index in [1.807, 2.05) is 0 Å². The molecule has 1 aromatic carbocycles. The van der Waals surface area contributed by atoms with E-state index < -0.39 is 29.7 Å². The van der Waals surface area contributed by atoms with E-state index >= 15 is 0 Å². The molecule has 2 heterocycles. The summed E-state index contributed by atoms with van der Waals surface area (Å²) in [6.07, 6.45) is 4.45. The second-order valence-electron chi connectivity index (χ2n) is 8.76. The largest absolute Gasteiger partial charge is 0.481 e. The first-order valence-corrected chi connectivity index (χ1v) is 11.6. The SMILES string of the molecule is COc1ccc2ncc(F)c([C@@H](O)[C@H](O)C3CCC(NC/C=C/c4cc(F)ccc4F)CC3)c2n1. The molecular formula is C26H28F3N3O3. The minimum absolute atomic E-state index is 0.0867. The fourth-order valence-corrected chi connectivity index (χ4v) is 4.60. The number of nitrogens with zero attached hydrogens (tertiary/aromatic N) is 2. The first-order valence-electron chi connectivity index (χ1n) is 11.6. The van der Waals surface area contributed by atoms with Crippen LogP contribution in [0.5, 0.6) is 5.88 Å². The Morgan fingerprint density at radius 2 is 1.86 bits per heavy atom. The van der Waals surface area contributed by atoms with Crippen molar-refractivity contribution in [2.45, 2.75) is 43.9 Å². The van der Waals surface area contributed by atoms with E-state index in [0.29, 0.717) is 24.9 Å². The van der Waals surface area contributed by atoms with E-state index in [1.165, 1.54) is 13.2 Å². The number of nitrogens with one attached hydrogen (secondary N) is 1. The Morgan fingerprint density at radius 1 is 1.09 bits per heavy atom. The number of hydrogen-bond donors (Lipinski definition) is 3. The summed E-state index contributed by atoms with van der Waals surface area (Å²) in [5.41, 5.74) is 0.660. The Bertz CT molecular complexity index is 1200. The lowest BCUT2D eigenvalue weighted by Gasteiger charge is -2.34. The molecule has 0 saturated heterocycles. The van der Waals surface area contributed by atoms with Gasteiger partial charge >= 0.3 is 0 Å². The van der Waals surface area contributed by atoms with Crippen molar-refractivity contribution in [1.82, 2.24) is 15.3 Å². The molecule has 1 fully saturated rings. The fraction of sp³-hybridized carbons (Fsp3) is 0.385. The van der Waals surface area contributed by atoms with Crippen LogP contribution in [0.2, 0.25) is 0 Å². The Balaban J connectivity index is 1.34. The van der Waals surface area contributed by atoms with E-state index in [2.05, 4.69) is 15.3 Å². The number of aliphatic hydroxyl groups excluding tert-OH is 2. The quantitative estimate of drug-likeness (QED) is 0.439. The van der Waals surface area contributed by atoms with E-state index in [-0.39, 0.29) is 34.5 Å². The monoisotopic (exact) mass is 487 g/mol. The standard InChI is InChI=1S/C26H28F3N3O3/c1-35-22-11-10-21-24(32-22)23(20(29)14-31-21)26(34)25(33)15-4-7-18(8-5-15)30-12-2-3-16-13-17(27)6-9-19(16)28/h2-3,6,9-11,13-15,18,25-26,30,33-34H,4-5,7-8,12H2,1H3/b3-2+/t15?,18?,25-,26-/m1/s1. The van der Waals surface area contributed by atoms with Gasteiger partial charge in [-0.1, -0.05) is 12.2 Å². The summed E-state index contributed by atoms with van der Waals surface area (Å²) in [4.78, 5) is 8.24. The summed E-state index contributed by atoms with van der Waals surface area (Å²) in [5.74, 6) is -1.67. The van der Waals surface area contributed by atoms with E-state index in [0.717, 1.165) is 37.2 Å². The smallest absolute Gasteiger partial charge is 0.213 e. The minimum atomic E-state index is -1.46. The first-order chi connectivity index (χ1) is 16.9. The molecule has 0 bridgehead atoms. The molecule has 0 aliphatic heterocycles. The molecule has 1 saturated carbocycles. The van der Waals surface area contributed by atoms with Crippen LogP contribution >= 0.6 is 0 Å². The lowest BCUT2D eigenvalue weighted by Crippen LogP contribution is -2.38. The van der Waals surface area contributed by atoms with Crippen LogP contribution in [-0.2, 0) is 0 Å². The summed E-state index contributed by atoms with van der Waals surface area (Å²) in [7, 11) is 1.44. The van der Waals surface area contributed by atoms with Gasteiger partial charge in [0.2, 0.25) is 5.88 Å². The molecule has 2 atom stereocenters. The van der Waals surface area contributed by atoms with Gasteiger partial charge in [0.25, 0.3) is 0 Å². The zero-order chi connectivity index (χ0) is 24.9. The highest BCUT2D eigenvalue weighted by Gasteiger charge is 2.33. The maximum atomic E-state index is 14.7. The first kappa shape index (κ1) is 25.1. The van der Waals surface area contributed by atoms with Gasteiger partial charge in [0.05, 0.1) is 24.9 Å². The lowest BCUT2D eigenvalue weighted by molar-refractivity contribution is -0.0315. The van der Waals surface area contributed by atoms with Gasteiger partial charge in [-0.25, -0.2) is 18.2 Å². The molecule has 0 spiro atoms. The molecule has 2 aromatic heterocycles. The summed E-state index contributed by atoms with van der Waals surface area (Å²) >= 11 is 0. The van der Waals surface area contributed by atoms with Gasteiger partial charge in [-0.2, -0.15) is 0 Å². The van der Waals surface area contributed by atoms with E-state index in [9.17, 15) is 23.4 Å². The van der Waals surface area contributed by atoms with Gasteiger partial charge < -0.3 is 20.3 Å². The van der Waals surface area contributed by atoms with Crippen LogP contribution in [0.1, 0.15) is 42.9 Å². The van der Waals surface area contributed by atoms with Crippen LogP contribution < -0.4 is 10.1 Å². The second-order valence-corrected chi connectivity index (χ2v) is 8.76. The van der Waals surface area contributed by atoms with Crippen molar-refractivity contribution in [2.75, 3.05) is 13.7 Å². The van der Waals surface area contributed by atoms with Gasteiger partial charge in [0.15, 0.2) is 0 Å². The van der Waals surface area contributed by atoms with Gasteiger partial charge in [0, 0.05) is 29.8 Å². The minimum Gasteiger partial charge on any atom is -0.481 e. The summed E-state index contributed by atoms with van der Waals surface area (Å²) in [5, 5.41) is 25.1. The third-order valence-corrected chi connectivity index (χ3v) is 6.54. The average molecular weight is 488 g/mol. The number of pyridine rings is 2. The molecule has 1 aliphatic rings. The Labute approximate surface area is 201 Å². The normalized spacial score (nSPS) is 20.3. The summed E-state index contributed by atoms with van der Waals surface area (Å²) in [6, 6.07) is 6.71. The number of rotatable bonds is 8. The van der Waals surface area contributed by atoms with Gasteiger partial charge in [-0.05, 0) is 55.9 Å². The van der Waals surface area contributed by atoms with Crippen LogP contribution in [0.25, 0.3) is 17.1 Å². The molecule has 0 amide bonds. The number of halogens is 3. The van der Waals surface area contributed by atoms with Crippen molar-refractivity contribution >= 4 is 17.1 Å². The number of aromatic nitrogens is 2. The summed E-state index contributed by atoms with van der Waals surface area (Å²) in [6.45, 7) is 0.484. The molecule has 0 radical (unpaired) electrons. The van der Waals surface area contributed by atoms with Crippen molar-refractivity contribution in [3.05, 3.63) is 71.2 Å². The molecule has 186 valence electrons. The molecule has 3 aromatic rings. The number of aliphatic hydroxyl groups is 2. The lowest BCUT2D eigenvalue weighted by atomic mass is 9.80. The van der Waals surface area contributed by atoms with E-state index in [1.54, 1.807) is 18.2 Å². The molecule has 3 N–H and O–H groups in total. The molecule has 1 aliphatic carbocycles. The zero-order valence-electron chi connectivity index (χ0n) is 19.3. The molecule has 6 nitrogen and oxygen atoms in total. The molecule has 4 rings (SSSR count). The average Bonchev–Trinajstić information content (AvgIpc) is 2.87. The van der Waals surface area contributed by atoms with Gasteiger partial charge in [0.1, 0.15) is 29.1 Å². The van der Waals surface area contributed by atoms with Crippen molar-refractivity contribution in [3.63, 3.8) is 0 Å². The Hall–Kier alpha value is -3.01. The predicted molar refractivity (Wildman–Crippen MR) is 126 cm³/mol. The van der Waals surface area contributed by atoms with Crippen LogP contribution in [0.15, 0.2) is 42.6 Å². The third kappa shape index (κ3) is 5.80. The number of methoxy groups -OCH3 is 1. The van der Waals surface area contributed by atoms with Crippen LogP contribution in [0, 0.1) is 23.4 Å². The molecule has 9 heteroatoms. The highest BCUT2D eigenvalue weighted by Crippen LogP contribution is 2.35. The molecular weight excluding hydrogens is 459 g/mol. The summed E-state index contributed by atoms with van der Waals surface area (Å²) < 4.78 is 46.7. The Kier molecular flexibility index (Phi) is 8.00. The van der Waals surface area contributed by atoms with Crippen molar-refractivity contribution in [2.24, 2.45) is 5.92 Å². The van der Waals surface area contributed by atoms with Crippen molar-refractivity contribution in [1.29, 1.82) is 0 Å². The maximum absolute atomic E-state index is 14.7. The fourth-order valence-electron chi connectivity index (χ4n) is 4.60. The zero-order valence-corrected chi connectivity index (χ0v) is 19.3. The highest BCUT2D eigenvalue weighted by atomic mass is 19.1. The topological polar surface area (TPSA) is 87.5 Å². The number of benzene rings is 1. The van der Waals surface area contributed by atoms with Crippen LogP contribution in [-0.4, -0.2) is 46.0 Å². The number of hydrogen-bond acceptors (Lipinski definition) is 6. The number of fused-ring (bicyclic) bond motifs is 1. The Morgan fingerprint density at radius 3 is 2.60 bits per heavy atom.